The summed E-state index contributed by atoms with van der Waals surface area (Å²) in [6.45, 7) is 2.92. The highest BCUT2D eigenvalue weighted by Gasteiger charge is 2.31. The van der Waals surface area contributed by atoms with Gasteiger partial charge in [0.2, 0.25) is 0 Å². The molecule has 11 heteroatoms. The average Bonchev–Trinajstić information content (AvgIpc) is 2.69. The van der Waals surface area contributed by atoms with Crippen molar-refractivity contribution in [3.63, 3.8) is 0 Å². The first kappa shape index (κ1) is 23.1. The summed E-state index contributed by atoms with van der Waals surface area (Å²) in [6.07, 6.45) is -1.77. The van der Waals surface area contributed by atoms with Crippen LogP contribution in [0.5, 0.6) is 5.75 Å². The fourth-order valence-electron chi connectivity index (χ4n) is 3.05. The van der Waals surface area contributed by atoms with Crippen LogP contribution in [-0.4, -0.2) is 27.2 Å². The smallest absolute Gasteiger partial charge is 0.416 e. The third-order valence-corrected chi connectivity index (χ3v) is 4.77. The molecule has 7 nitrogen and oxygen atoms in total. The minimum absolute atomic E-state index is 0.0896. The summed E-state index contributed by atoms with van der Waals surface area (Å²) in [6, 6.07) is 6.00. The average molecular weight is 468 g/mol. The van der Waals surface area contributed by atoms with Gasteiger partial charge in [0.15, 0.2) is 12.4 Å². The van der Waals surface area contributed by atoms with Crippen LogP contribution in [0.3, 0.4) is 0 Å². The van der Waals surface area contributed by atoms with Gasteiger partial charge in [-0.2, -0.15) is 13.2 Å². The van der Waals surface area contributed by atoms with Crippen molar-refractivity contribution >= 4 is 29.1 Å². The monoisotopic (exact) mass is 467 g/mol. The molecule has 0 bridgehead atoms. The van der Waals surface area contributed by atoms with Crippen molar-refractivity contribution in [1.82, 2.24) is 9.55 Å². The summed E-state index contributed by atoms with van der Waals surface area (Å²) in [4.78, 5) is 27.7. The standard InChI is InChI=1S/C21H17ClF3N3O4/c1-11-7-14(8-12(2)18(11)32-10-17(29)30)28-6-5-26-19(20(28)31)27-16-4-3-13(9-15(16)22)21(23,24)25/h3-9H,10H2,1-2H3,(H,26,27)(H,29,30). The van der Waals surface area contributed by atoms with Crippen LogP contribution >= 0.6 is 11.6 Å². The number of aliphatic carboxylic acids is 1. The van der Waals surface area contributed by atoms with E-state index in [1.807, 2.05) is 0 Å². The quantitative estimate of drug-likeness (QED) is 0.544. The number of ether oxygens (including phenoxy) is 1. The Hall–Kier alpha value is -3.53. The van der Waals surface area contributed by atoms with Gasteiger partial charge in [0.1, 0.15) is 5.75 Å². The van der Waals surface area contributed by atoms with Crippen LogP contribution in [0.15, 0.2) is 47.5 Å². The molecule has 0 aliphatic rings. The first-order chi connectivity index (χ1) is 15.0. The molecule has 0 saturated carbocycles. The molecule has 32 heavy (non-hydrogen) atoms. The zero-order valence-corrected chi connectivity index (χ0v) is 17.6. The summed E-state index contributed by atoms with van der Waals surface area (Å²) in [7, 11) is 0. The maximum Gasteiger partial charge on any atom is 0.416 e. The number of hydrogen-bond donors (Lipinski definition) is 2. The Balaban J connectivity index is 1.95. The van der Waals surface area contributed by atoms with Crippen molar-refractivity contribution in [3.8, 4) is 11.4 Å². The molecule has 1 aromatic heterocycles. The van der Waals surface area contributed by atoms with E-state index in [0.29, 0.717) is 22.6 Å². The Morgan fingerprint density at radius 2 is 1.88 bits per heavy atom. The van der Waals surface area contributed by atoms with E-state index in [2.05, 4.69) is 10.3 Å². The van der Waals surface area contributed by atoms with Gasteiger partial charge in [0.05, 0.1) is 16.3 Å². The van der Waals surface area contributed by atoms with Crippen LogP contribution in [0, 0.1) is 13.8 Å². The van der Waals surface area contributed by atoms with E-state index in [-0.39, 0.29) is 16.5 Å². The normalized spacial score (nSPS) is 11.3. The SMILES string of the molecule is Cc1cc(-n2ccnc(Nc3ccc(C(F)(F)F)cc3Cl)c2=O)cc(C)c1OCC(=O)O. The second-order valence-electron chi connectivity index (χ2n) is 6.86. The molecule has 3 rings (SSSR count). The summed E-state index contributed by atoms with van der Waals surface area (Å²) in [5.41, 5.74) is 0.308. The maximum absolute atomic E-state index is 12.9. The number of halogens is 4. The van der Waals surface area contributed by atoms with Gasteiger partial charge in [0, 0.05) is 18.1 Å². The first-order valence-corrected chi connectivity index (χ1v) is 9.53. The largest absolute Gasteiger partial charge is 0.481 e. The number of nitrogens with one attached hydrogen (secondary N) is 1. The van der Waals surface area contributed by atoms with Crippen LogP contribution in [-0.2, 0) is 11.0 Å². The maximum atomic E-state index is 12.9. The van der Waals surface area contributed by atoms with E-state index in [0.717, 1.165) is 18.2 Å². The molecule has 168 valence electrons. The molecular formula is C21H17ClF3N3O4. The molecule has 0 radical (unpaired) electrons. The molecule has 0 aliphatic heterocycles. The van der Waals surface area contributed by atoms with Gasteiger partial charge in [0.25, 0.3) is 5.56 Å². The molecular weight excluding hydrogens is 451 g/mol. The van der Waals surface area contributed by atoms with Crippen LogP contribution < -0.4 is 15.6 Å². The van der Waals surface area contributed by atoms with Crippen LogP contribution in [0.1, 0.15) is 16.7 Å². The number of benzene rings is 2. The molecule has 0 atom stereocenters. The molecule has 1 heterocycles. The van der Waals surface area contributed by atoms with Gasteiger partial charge < -0.3 is 15.2 Å². The third kappa shape index (κ3) is 5.02. The predicted molar refractivity (Wildman–Crippen MR) is 112 cm³/mol. The summed E-state index contributed by atoms with van der Waals surface area (Å²) in [5, 5.41) is 11.3. The van der Waals surface area contributed by atoms with E-state index in [1.54, 1.807) is 26.0 Å². The molecule has 0 amide bonds. The number of nitrogens with zero attached hydrogens (tertiary/aromatic N) is 2. The van der Waals surface area contributed by atoms with E-state index in [9.17, 15) is 22.8 Å². The lowest BCUT2D eigenvalue weighted by molar-refractivity contribution is -0.139. The molecule has 2 aromatic carbocycles. The molecule has 3 aromatic rings. The lowest BCUT2D eigenvalue weighted by Gasteiger charge is -2.15. The predicted octanol–water partition coefficient (Wildman–Crippen LogP) is 4.73. The number of aromatic nitrogens is 2. The van der Waals surface area contributed by atoms with Crippen molar-refractivity contribution in [2.24, 2.45) is 0 Å². The molecule has 0 aliphatic carbocycles. The number of carbonyl (C=O) groups is 1. The van der Waals surface area contributed by atoms with Crippen molar-refractivity contribution in [3.05, 3.63) is 74.8 Å². The Kier molecular flexibility index (Phi) is 6.45. The van der Waals surface area contributed by atoms with E-state index >= 15 is 0 Å². The molecule has 0 fully saturated rings. The Morgan fingerprint density at radius 1 is 1.22 bits per heavy atom. The molecule has 0 saturated heterocycles. The number of carboxylic acid groups (broad SMARTS) is 1. The van der Waals surface area contributed by atoms with Gasteiger partial charge in [-0.05, 0) is 55.3 Å². The lowest BCUT2D eigenvalue weighted by Crippen LogP contribution is -2.22. The Labute approximate surface area is 185 Å². The van der Waals surface area contributed by atoms with Crippen LogP contribution in [0.2, 0.25) is 5.02 Å². The number of anilines is 2. The molecule has 0 unspecified atom stereocenters. The van der Waals surface area contributed by atoms with Gasteiger partial charge >= 0.3 is 12.1 Å². The van der Waals surface area contributed by atoms with Gasteiger partial charge in [-0.15, -0.1) is 0 Å². The van der Waals surface area contributed by atoms with Crippen molar-refractivity contribution in [1.29, 1.82) is 0 Å². The van der Waals surface area contributed by atoms with E-state index in [4.69, 9.17) is 21.4 Å². The summed E-state index contributed by atoms with van der Waals surface area (Å²) in [5.74, 6) is -0.861. The zero-order chi connectivity index (χ0) is 23.6. The molecule has 0 spiro atoms. The fourth-order valence-corrected chi connectivity index (χ4v) is 3.28. The number of aryl methyl sites for hydroxylation is 2. The summed E-state index contributed by atoms with van der Waals surface area (Å²) < 4.78 is 45.1. The lowest BCUT2D eigenvalue weighted by atomic mass is 10.1. The second kappa shape index (κ2) is 8.91. The number of rotatable bonds is 6. The second-order valence-corrected chi connectivity index (χ2v) is 7.27. The van der Waals surface area contributed by atoms with E-state index < -0.39 is 29.9 Å². The highest BCUT2D eigenvalue weighted by Crippen LogP contribution is 2.34. The third-order valence-electron chi connectivity index (χ3n) is 4.45. The van der Waals surface area contributed by atoms with Gasteiger partial charge in [-0.25, -0.2) is 9.78 Å². The topological polar surface area (TPSA) is 93.5 Å². The van der Waals surface area contributed by atoms with Gasteiger partial charge in [-0.3, -0.25) is 9.36 Å². The first-order valence-electron chi connectivity index (χ1n) is 9.15. The Bertz CT molecular complexity index is 1220. The fraction of sp³-hybridized carbons (Fsp3) is 0.190. The number of hydrogen-bond acceptors (Lipinski definition) is 5. The minimum atomic E-state index is -4.55. The van der Waals surface area contributed by atoms with Crippen LogP contribution in [0.25, 0.3) is 5.69 Å². The molecule has 2 N–H and O–H groups in total. The van der Waals surface area contributed by atoms with Crippen molar-refractivity contribution in [2.45, 2.75) is 20.0 Å². The Morgan fingerprint density at radius 3 is 2.44 bits per heavy atom. The van der Waals surface area contributed by atoms with Crippen molar-refractivity contribution in [2.75, 3.05) is 11.9 Å². The minimum Gasteiger partial charge on any atom is -0.481 e. The highest BCUT2D eigenvalue weighted by molar-refractivity contribution is 6.33. The zero-order valence-electron chi connectivity index (χ0n) is 16.8. The van der Waals surface area contributed by atoms with E-state index in [1.165, 1.54) is 17.0 Å². The number of carboxylic acids is 1. The highest BCUT2D eigenvalue weighted by atomic mass is 35.5. The summed E-state index contributed by atoms with van der Waals surface area (Å²) >= 11 is 5.95. The number of alkyl halides is 3. The van der Waals surface area contributed by atoms with Crippen molar-refractivity contribution < 1.29 is 27.8 Å². The van der Waals surface area contributed by atoms with Gasteiger partial charge in [-0.1, -0.05) is 11.6 Å². The van der Waals surface area contributed by atoms with Crippen LogP contribution in [0.4, 0.5) is 24.7 Å².